The fourth-order valence-electron chi connectivity index (χ4n) is 4.47. The van der Waals surface area contributed by atoms with Crippen LogP contribution in [0.2, 0.25) is 5.02 Å². The van der Waals surface area contributed by atoms with Gasteiger partial charge in [0.25, 0.3) is 0 Å². The number of nitrogens with one attached hydrogen (secondary N) is 1. The van der Waals surface area contributed by atoms with E-state index >= 15 is 0 Å². The number of hydrogen-bond donors (Lipinski definition) is 1. The van der Waals surface area contributed by atoms with Gasteiger partial charge in [0.2, 0.25) is 11.8 Å². The Morgan fingerprint density at radius 1 is 1.22 bits per heavy atom. The van der Waals surface area contributed by atoms with E-state index in [4.69, 9.17) is 16.3 Å². The molecule has 166 valence electrons. The summed E-state index contributed by atoms with van der Waals surface area (Å²) in [5, 5.41) is 4.09. The minimum absolute atomic E-state index is 0.104. The van der Waals surface area contributed by atoms with Crippen LogP contribution in [-0.2, 0) is 16.1 Å². The number of carbonyl (C=O) groups is 2. The lowest BCUT2D eigenvalue weighted by Gasteiger charge is -2.19. The Morgan fingerprint density at radius 3 is 2.72 bits per heavy atom. The number of pyridine rings is 1. The molecule has 2 atom stereocenters. The second-order valence-electron chi connectivity index (χ2n) is 8.54. The number of likely N-dealkylation sites (tertiary alicyclic amines) is 1. The van der Waals surface area contributed by atoms with Gasteiger partial charge in [-0.05, 0) is 43.7 Å². The third-order valence-electron chi connectivity index (χ3n) is 6.06. The van der Waals surface area contributed by atoms with Crippen molar-refractivity contribution in [2.24, 2.45) is 0 Å². The maximum absolute atomic E-state index is 12.1. The number of hydrogen-bond acceptors (Lipinski definition) is 6. The molecule has 3 aromatic rings. The van der Waals surface area contributed by atoms with Crippen molar-refractivity contribution in [2.75, 3.05) is 6.54 Å². The van der Waals surface area contributed by atoms with Gasteiger partial charge in [0.15, 0.2) is 0 Å². The highest BCUT2D eigenvalue weighted by Gasteiger charge is 2.29. The standard InChI is InChI=1S/C24H24ClN3O3S/c1-13-7-15(25)9-19(23(13)31-16-8-14(2)27-11-16)18-5-6-26-20-10-17(32-24(18)20)12-28-21(29)3-4-22(28)30/h5-7,9-10,14,16,27H,3-4,8,11-12H2,1-2H3/t14-,16-/m0/s1. The SMILES string of the molecule is Cc1cc(Cl)cc(-c2ccnc3cc(CN4C(=O)CCC4=O)sc23)c1O[C@@H]1CN[C@@H](C)C1. The third-order valence-corrected chi connectivity index (χ3v) is 7.42. The number of rotatable bonds is 5. The van der Waals surface area contributed by atoms with Crippen LogP contribution in [0.4, 0.5) is 0 Å². The second kappa shape index (κ2) is 8.46. The molecule has 0 aliphatic carbocycles. The summed E-state index contributed by atoms with van der Waals surface area (Å²) in [4.78, 5) is 30.9. The van der Waals surface area contributed by atoms with Crippen LogP contribution < -0.4 is 10.1 Å². The highest BCUT2D eigenvalue weighted by molar-refractivity contribution is 7.19. The first kappa shape index (κ1) is 21.4. The largest absolute Gasteiger partial charge is 0.488 e. The number of benzene rings is 1. The first-order valence-electron chi connectivity index (χ1n) is 10.8. The van der Waals surface area contributed by atoms with Gasteiger partial charge in [-0.15, -0.1) is 11.3 Å². The summed E-state index contributed by atoms with van der Waals surface area (Å²) in [7, 11) is 0. The molecular formula is C24H24ClN3O3S. The highest BCUT2D eigenvalue weighted by atomic mass is 35.5. The Kier molecular flexibility index (Phi) is 5.65. The number of halogens is 1. The Morgan fingerprint density at radius 2 is 2.00 bits per heavy atom. The van der Waals surface area contributed by atoms with Crippen LogP contribution in [-0.4, -0.2) is 40.4 Å². The number of fused-ring (bicyclic) bond motifs is 1. The zero-order chi connectivity index (χ0) is 22.4. The summed E-state index contributed by atoms with van der Waals surface area (Å²) >= 11 is 8.01. The predicted octanol–water partition coefficient (Wildman–Crippen LogP) is 4.70. The van der Waals surface area contributed by atoms with Crippen LogP contribution in [0, 0.1) is 6.92 Å². The van der Waals surface area contributed by atoms with Crippen molar-refractivity contribution in [2.45, 2.75) is 51.8 Å². The number of thiophene rings is 1. The zero-order valence-electron chi connectivity index (χ0n) is 18.0. The molecule has 2 amide bonds. The molecule has 2 aliphatic heterocycles. The maximum Gasteiger partial charge on any atom is 0.230 e. The molecule has 5 rings (SSSR count). The molecule has 2 saturated heterocycles. The minimum Gasteiger partial charge on any atom is -0.488 e. The van der Waals surface area contributed by atoms with Crippen molar-refractivity contribution in [1.82, 2.24) is 15.2 Å². The van der Waals surface area contributed by atoms with E-state index in [2.05, 4.69) is 17.2 Å². The number of nitrogens with zero attached hydrogens (tertiary/aromatic N) is 2. The molecule has 8 heteroatoms. The van der Waals surface area contributed by atoms with E-state index in [1.807, 2.05) is 31.2 Å². The molecule has 2 aliphatic rings. The lowest BCUT2D eigenvalue weighted by Crippen LogP contribution is -2.27. The van der Waals surface area contributed by atoms with E-state index in [0.717, 1.165) is 50.5 Å². The van der Waals surface area contributed by atoms with E-state index in [-0.39, 0.29) is 17.9 Å². The maximum atomic E-state index is 12.1. The Hall–Kier alpha value is -2.48. The van der Waals surface area contributed by atoms with Crippen molar-refractivity contribution < 1.29 is 14.3 Å². The second-order valence-corrected chi connectivity index (χ2v) is 10.1. The number of aromatic nitrogens is 1. The molecule has 6 nitrogen and oxygen atoms in total. The number of ether oxygens (including phenoxy) is 1. The minimum atomic E-state index is -0.110. The topological polar surface area (TPSA) is 71.5 Å². The number of carbonyl (C=O) groups excluding carboxylic acids is 2. The fourth-order valence-corrected chi connectivity index (χ4v) is 5.87. The van der Waals surface area contributed by atoms with Crippen molar-refractivity contribution >= 4 is 45.0 Å². The normalized spacial score (nSPS) is 21.2. The lowest BCUT2D eigenvalue weighted by atomic mass is 10.0. The summed E-state index contributed by atoms with van der Waals surface area (Å²) in [6.07, 6.45) is 3.43. The number of amides is 2. The van der Waals surface area contributed by atoms with Crippen molar-refractivity contribution in [3.63, 3.8) is 0 Å². The van der Waals surface area contributed by atoms with Gasteiger partial charge in [-0.2, -0.15) is 0 Å². The van der Waals surface area contributed by atoms with Gasteiger partial charge in [-0.3, -0.25) is 19.5 Å². The third kappa shape index (κ3) is 4.00. The molecule has 32 heavy (non-hydrogen) atoms. The van der Waals surface area contributed by atoms with Gasteiger partial charge >= 0.3 is 0 Å². The van der Waals surface area contributed by atoms with Gasteiger partial charge in [0.05, 0.1) is 16.8 Å². The number of imide groups is 1. The van der Waals surface area contributed by atoms with Crippen LogP contribution in [0.25, 0.3) is 21.3 Å². The average Bonchev–Trinajstić information content (AvgIpc) is 3.44. The van der Waals surface area contributed by atoms with E-state index in [9.17, 15) is 9.59 Å². The van der Waals surface area contributed by atoms with Gasteiger partial charge in [0.1, 0.15) is 11.9 Å². The molecule has 0 bridgehead atoms. The summed E-state index contributed by atoms with van der Waals surface area (Å²) in [5.41, 5.74) is 3.75. The van der Waals surface area contributed by atoms with Crippen molar-refractivity contribution in [1.29, 1.82) is 0 Å². The summed E-state index contributed by atoms with van der Waals surface area (Å²) in [6, 6.07) is 8.23. The van der Waals surface area contributed by atoms with Gasteiger partial charge in [-0.25, -0.2) is 0 Å². The van der Waals surface area contributed by atoms with E-state index in [1.165, 1.54) is 4.90 Å². The summed E-state index contributed by atoms with van der Waals surface area (Å²) in [6.45, 7) is 5.28. The molecule has 0 spiro atoms. The smallest absolute Gasteiger partial charge is 0.230 e. The molecule has 0 saturated carbocycles. The molecule has 2 fully saturated rings. The Balaban J connectivity index is 1.55. The summed E-state index contributed by atoms with van der Waals surface area (Å²) in [5.74, 6) is 0.616. The quantitative estimate of drug-likeness (QED) is 0.548. The molecule has 0 unspecified atom stereocenters. The first-order valence-corrected chi connectivity index (χ1v) is 12.0. The van der Waals surface area contributed by atoms with E-state index in [1.54, 1.807) is 17.5 Å². The van der Waals surface area contributed by atoms with Crippen LogP contribution in [0.1, 0.15) is 36.6 Å². The highest BCUT2D eigenvalue weighted by Crippen LogP contribution is 2.42. The average molecular weight is 470 g/mol. The molecular weight excluding hydrogens is 446 g/mol. The fraction of sp³-hybridized carbons (Fsp3) is 0.375. The Labute approximate surface area is 195 Å². The van der Waals surface area contributed by atoms with Crippen LogP contribution in [0.3, 0.4) is 0 Å². The van der Waals surface area contributed by atoms with Gasteiger partial charge in [0, 0.05) is 59.1 Å². The van der Waals surface area contributed by atoms with Crippen LogP contribution >= 0.6 is 22.9 Å². The molecule has 1 N–H and O–H groups in total. The van der Waals surface area contributed by atoms with Gasteiger partial charge in [-0.1, -0.05) is 11.6 Å². The van der Waals surface area contributed by atoms with Gasteiger partial charge < -0.3 is 10.1 Å². The van der Waals surface area contributed by atoms with Crippen molar-refractivity contribution in [3.05, 3.63) is 45.9 Å². The molecule has 0 radical (unpaired) electrons. The summed E-state index contributed by atoms with van der Waals surface area (Å²) < 4.78 is 7.47. The van der Waals surface area contributed by atoms with Crippen molar-refractivity contribution in [3.8, 4) is 16.9 Å². The van der Waals surface area contributed by atoms with Crippen LogP contribution in [0.5, 0.6) is 5.75 Å². The molecule has 4 heterocycles. The number of aryl methyl sites for hydroxylation is 1. The van der Waals surface area contributed by atoms with E-state index in [0.29, 0.717) is 30.5 Å². The predicted molar refractivity (Wildman–Crippen MR) is 126 cm³/mol. The van der Waals surface area contributed by atoms with E-state index < -0.39 is 0 Å². The Bertz CT molecular complexity index is 1210. The zero-order valence-corrected chi connectivity index (χ0v) is 19.6. The monoisotopic (exact) mass is 469 g/mol. The molecule has 2 aromatic heterocycles. The lowest BCUT2D eigenvalue weighted by molar-refractivity contribution is -0.138. The van der Waals surface area contributed by atoms with Crippen LogP contribution in [0.15, 0.2) is 30.5 Å². The molecule has 1 aromatic carbocycles. The first-order chi connectivity index (χ1) is 15.4.